The lowest BCUT2D eigenvalue weighted by atomic mass is 10.0. The molecule has 0 saturated heterocycles. The van der Waals surface area contributed by atoms with Gasteiger partial charge in [0.05, 0.1) is 6.04 Å². The number of hydrogen-bond acceptors (Lipinski definition) is 1. The highest BCUT2D eigenvalue weighted by Gasteiger charge is 2.09. The number of nitrogens with one attached hydrogen (secondary N) is 2. The van der Waals surface area contributed by atoms with Gasteiger partial charge in [0.1, 0.15) is 0 Å². The highest BCUT2D eigenvalue weighted by Crippen LogP contribution is 2.19. The van der Waals surface area contributed by atoms with Crippen molar-refractivity contribution in [3.8, 4) is 0 Å². The summed E-state index contributed by atoms with van der Waals surface area (Å²) in [7, 11) is 0. The predicted molar refractivity (Wildman–Crippen MR) is 95.1 cm³/mol. The van der Waals surface area contributed by atoms with E-state index in [1.54, 1.807) is 0 Å². The Kier molecular flexibility index (Phi) is 5.21. The Hall–Kier alpha value is -1.58. The molecule has 0 saturated carbocycles. The number of halogens is 1. The van der Waals surface area contributed by atoms with Crippen LogP contribution in [0.5, 0.6) is 0 Å². The van der Waals surface area contributed by atoms with Crippen LogP contribution in [0.4, 0.5) is 5.69 Å². The maximum atomic E-state index is 5.87. The molecule has 0 spiro atoms. The van der Waals surface area contributed by atoms with Gasteiger partial charge in [-0.15, -0.1) is 0 Å². The van der Waals surface area contributed by atoms with E-state index >= 15 is 0 Å². The minimum Gasteiger partial charge on any atom is -0.356 e. The summed E-state index contributed by atoms with van der Waals surface area (Å²) in [4.78, 5) is 0. The molecule has 0 bridgehead atoms. The van der Waals surface area contributed by atoms with E-state index in [-0.39, 0.29) is 6.04 Å². The van der Waals surface area contributed by atoms with Crippen molar-refractivity contribution >= 4 is 34.6 Å². The molecular weight excluding hydrogens is 300 g/mol. The van der Waals surface area contributed by atoms with Crippen LogP contribution in [0.3, 0.4) is 0 Å². The zero-order valence-electron chi connectivity index (χ0n) is 12.4. The summed E-state index contributed by atoms with van der Waals surface area (Å²) in [5, 5.41) is 7.78. The van der Waals surface area contributed by atoms with Gasteiger partial charge in [-0.2, -0.15) is 0 Å². The zero-order chi connectivity index (χ0) is 15.4. The average molecular weight is 319 g/mol. The fraction of sp³-hybridized carbons (Fsp3) is 0.235. The summed E-state index contributed by atoms with van der Waals surface area (Å²) in [5.41, 5.74) is 4.71. The lowest BCUT2D eigenvalue weighted by Crippen LogP contribution is -2.31. The van der Waals surface area contributed by atoms with Crippen molar-refractivity contribution in [1.29, 1.82) is 0 Å². The van der Waals surface area contributed by atoms with Crippen LogP contribution in [-0.4, -0.2) is 5.11 Å². The summed E-state index contributed by atoms with van der Waals surface area (Å²) in [5.74, 6) is 0. The van der Waals surface area contributed by atoms with E-state index in [0.717, 1.165) is 5.69 Å². The maximum absolute atomic E-state index is 5.87. The Morgan fingerprint density at radius 3 is 2.38 bits per heavy atom. The van der Waals surface area contributed by atoms with Crippen molar-refractivity contribution in [2.75, 3.05) is 5.32 Å². The molecule has 0 heterocycles. The lowest BCUT2D eigenvalue weighted by Gasteiger charge is -2.19. The van der Waals surface area contributed by atoms with Crippen molar-refractivity contribution in [2.24, 2.45) is 0 Å². The number of hydrogen-bond donors (Lipinski definition) is 2. The van der Waals surface area contributed by atoms with Crippen molar-refractivity contribution in [2.45, 2.75) is 26.8 Å². The van der Waals surface area contributed by atoms with Gasteiger partial charge in [0.25, 0.3) is 0 Å². The van der Waals surface area contributed by atoms with Gasteiger partial charge in [0, 0.05) is 10.7 Å². The second kappa shape index (κ2) is 6.92. The van der Waals surface area contributed by atoms with Crippen LogP contribution in [0.15, 0.2) is 42.5 Å². The number of benzene rings is 2. The van der Waals surface area contributed by atoms with Gasteiger partial charge in [-0.05, 0) is 68.4 Å². The van der Waals surface area contributed by atoms with E-state index in [1.807, 2.05) is 24.3 Å². The molecule has 110 valence electrons. The van der Waals surface area contributed by atoms with Gasteiger partial charge in [-0.3, -0.25) is 0 Å². The van der Waals surface area contributed by atoms with Gasteiger partial charge >= 0.3 is 0 Å². The van der Waals surface area contributed by atoms with Crippen LogP contribution in [0, 0.1) is 13.8 Å². The molecule has 1 atom stereocenters. The monoisotopic (exact) mass is 318 g/mol. The molecule has 0 aliphatic rings. The molecule has 2 nitrogen and oxygen atoms in total. The third-order valence-corrected chi connectivity index (χ3v) is 3.81. The largest absolute Gasteiger partial charge is 0.356 e. The molecule has 4 heteroatoms. The van der Waals surface area contributed by atoms with Crippen molar-refractivity contribution in [1.82, 2.24) is 5.32 Å². The van der Waals surface area contributed by atoms with Gasteiger partial charge in [0.15, 0.2) is 5.11 Å². The van der Waals surface area contributed by atoms with Gasteiger partial charge in [0.2, 0.25) is 0 Å². The van der Waals surface area contributed by atoms with E-state index in [1.165, 1.54) is 16.7 Å². The van der Waals surface area contributed by atoms with E-state index in [4.69, 9.17) is 23.8 Å². The lowest BCUT2D eigenvalue weighted by molar-refractivity contribution is 0.717. The number of rotatable bonds is 3. The molecule has 2 rings (SSSR count). The van der Waals surface area contributed by atoms with Gasteiger partial charge in [-0.1, -0.05) is 35.4 Å². The highest BCUT2D eigenvalue weighted by molar-refractivity contribution is 7.80. The summed E-state index contributed by atoms with van der Waals surface area (Å²) in [6, 6.07) is 14.1. The van der Waals surface area contributed by atoms with E-state index < -0.39 is 0 Å². The minimum atomic E-state index is 0.151. The summed E-state index contributed by atoms with van der Waals surface area (Å²) in [6.07, 6.45) is 0. The first kappa shape index (κ1) is 15.8. The number of anilines is 1. The Balaban J connectivity index is 2.00. The minimum absolute atomic E-state index is 0.151. The molecule has 0 aliphatic carbocycles. The smallest absolute Gasteiger partial charge is 0.171 e. The van der Waals surface area contributed by atoms with E-state index in [9.17, 15) is 0 Å². The second-order valence-corrected chi connectivity index (χ2v) is 6.03. The molecule has 0 radical (unpaired) electrons. The van der Waals surface area contributed by atoms with Crippen molar-refractivity contribution in [3.05, 3.63) is 64.2 Å². The Morgan fingerprint density at radius 2 is 1.76 bits per heavy atom. The Labute approximate surface area is 136 Å². The van der Waals surface area contributed by atoms with Crippen LogP contribution in [-0.2, 0) is 0 Å². The summed E-state index contributed by atoms with van der Waals surface area (Å²) < 4.78 is 0. The summed E-state index contributed by atoms with van der Waals surface area (Å²) in [6.45, 7) is 6.32. The maximum Gasteiger partial charge on any atom is 0.171 e. The molecule has 2 aromatic carbocycles. The van der Waals surface area contributed by atoms with Crippen LogP contribution in [0.25, 0.3) is 0 Å². The predicted octanol–water partition coefficient (Wildman–Crippen LogP) is 5.00. The quantitative estimate of drug-likeness (QED) is 0.778. The third kappa shape index (κ3) is 4.45. The van der Waals surface area contributed by atoms with Crippen LogP contribution < -0.4 is 10.6 Å². The van der Waals surface area contributed by atoms with Crippen molar-refractivity contribution in [3.63, 3.8) is 0 Å². The second-order valence-electron chi connectivity index (χ2n) is 5.19. The normalized spacial score (nSPS) is 11.8. The first-order chi connectivity index (χ1) is 9.95. The number of thiocarbonyl (C=S) groups is 1. The highest BCUT2D eigenvalue weighted by atomic mass is 35.5. The molecule has 2 aromatic rings. The molecule has 0 aliphatic heterocycles. The topological polar surface area (TPSA) is 24.1 Å². The third-order valence-electron chi connectivity index (χ3n) is 3.34. The van der Waals surface area contributed by atoms with Crippen molar-refractivity contribution < 1.29 is 0 Å². The molecule has 0 amide bonds. The van der Waals surface area contributed by atoms with Crippen LogP contribution >= 0.6 is 23.8 Å². The Bertz CT molecular complexity index is 638. The fourth-order valence-corrected chi connectivity index (χ4v) is 2.71. The zero-order valence-corrected chi connectivity index (χ0v) is 14.0. The average Bonchev–Trinajstić information content (AvgIpc) is 2.41. The standard InChI is InChI=1S/C17H19ClN2S/c1-11-4-9-16(12(2)10-11)13(3)19-17(21)20-15-7-5-14(18)6-8-15/h4-10,13H,1-3H3,(H2,19,20,21). The van der Waals surface area contributed by atoms with Crippen LogP contribution in [0.1, 0.15) is 29.7 Å². The summed E-state index contributed by atoms with van der Waals surface area (Å²) >= 11 is 11.2. The molecule has 2 N–H and O–H groups in total. The van der Waals surface area contributed by atoms with Crippen LogP contribution in [0.2, 0.25) is 5.02 Å². The van der Waals surface area contributed by atoms with E-state index in [0.29, 0.717) is 10.1 Å². The number of aryl methyl sites for hydroxylation is 2. The Morgan fingerprint density at radius 1 is 1.10 bits per heavy atom. The van der Waals surface area contributed by atoms with E-state index in [2.05, 4.69) is 49.6 Å². The first-order valence-electron chi connectivity index (χ1n) is 6.86. The molecule has 0 fully saturated rings. The molecule has 0 aromatic heterocycles. The fourth-order valence-electron chi connectivity index (χ4n) is 2.29. The molecule has 1 unspecified atom stereocenters. The first-order valence-corrected chi connectivity index (χ1v) is 7.64. The van der Waals surface area contributed by atoms with Gasteiger partial charge < -0.3 is 10.6 Å². The SMILES string of the molecule is Cc1ccc(C(C)NC(=S)Nc2ccc(Cl)cc2)c(C)c1. The molecule has 21 heavy (non-hydrogen) atoms. The van der Waals surface area contributed by atoms with Gasteiger partial charge in [-0.25, -0.2) is 0 Å². The molecular formula is C17H19ClN2S.